The molecule has 0 aromatic heterocycles. The van der Waals surface area contributed by atoms with Crippen LogP contribution in [0.2, 0.25) is 0 Å². The zero-order chi connectivity index (χ0) is 35.6. The van der Waals surface area contributed by atoms with Gasteiger partial charge in [-0.05, 0) is 146 Å². The number of hydrogen-bond donors (Lipinski definition) is 0. The van der Waals surface area contributed by atoms with Gasteiger partial charge in [0.25, 0.3) is 0 Å². The maximum absolute atomic E-state index is 2.40. The maximum Gasteiger partial charge on any atom is -0.00926 e. The molecule has 0 aliphatic rings. The fraction of sp³-hybridized carbons (Fsp3) is 0. The Morgan fingerprint density at radius 3 is 1.04 bits per heavy atom. The van der Waals surface area contributed by atoms with Crippen LogP contribution in [0.3, 0.4) is 0 Å². The maximum atomic E-state index is 2.40. The van der Waals surface area contributed by atoms with Gasteiger partial charge in [0.2, 0.25) is 0 Å². The zero-order valence-electron chi connectivity index (χ0n) is 29.6. The van der Waals surface area contributed by atoms with Crippen LogP contribution >= 0.6 is 0 Å². The molecule has 11 aromatic carbocycles. The zero-order valence-corrected chi connectivity index (χ0v) is 29.6. The second-order valence-electron chi connectivity index (χ2n) is 14.5. The summed E-state index contributed by atoms with van der Waals surface area (Å²) in [6.45, 7) is 0. The molecular formula is C54H34. The lowest BCUT2D eigenvalue weighted by atomic mass is 9.86. The van der Waals surface area contributed by atoms with Crippen LogP contribution in [0.15, 0.2) is 206 Å². The van der Waals surface area contributed by atoms with Gasteiger partial charge in [-0.2, -0.15) is 0 Å². The molecule has 0 radical (unpaired) electrons. The van der Waals surface area contributed by atoms with E-state index >= 15 is 0 Å². The van der Waals surface area contributed by atoms with Crippen molar-refractivity contribution in [3.05, 3.63) is 206 Å². The first-order valence-electron chi connectivity index (χ1n) is 18.7. The first-order valence-corrected chi connectivity index (χ1v) is 18.7. The molecule has 0 aliphatic heterocycles. The van der Waals surface area contributed by atoms with E-state index in [1.807, 2.05) is 0 Å². The third-order valence-electron chi connectivity index (χ3n) is 11.4. The number of fused-ring (bicyclic) bond motifs is 6. The van der Waals surface area contributed by atoms with Crippen molar-refractivity contribution in [3.8, 4) is 44.5 Å². The summed E-state index contributed by atoms with van der Waals surface area (Å²) in [6.07, 6.45) is 0. The molecule has 11 rings (SSSR count). The molecule has 0 heteroatoms. The summed E-state index contributed by atoms with van der Waals surface area (Å²) in [5.41, 5.74) is 9.93. The molecule has 0 heterocycles. The van der Waals surface area contributed by atoms with Gasteiger partial charge in [0.15, 0.2) is 0 Å². The normalized spacial score (nSPS) is 11.7. The minimum atomic E-state index is 1.22. The van der Waals surface area contributed by atoms with E-state index in [2.05, 4.69) is 206 Å². The lowest BCUT2D eigenvalue weighted by molar-refractivity contribution is 1.64. The summed E-state index contributed by atoms with van der Waals surface area (Å²) < 4.78 is 0. The molecule has 0 aliphatic carbocycles. The Kier molecular flexibility index (Phi) is 6.97. The van der Waals surface area contributed by atoms with Crippen molar-refractivity contribution in [2.75, 3.05) is 0 Å². The summed E-state index contributed by atoms with van der Waals surface area (Å²) in [5.74, 6) is 0. The largest absolute Gasteiger partial charge is 0.0616 e. The van der Waals surface area contributed by atoms with Crippen LogP contribution in [0.4, 0.5) is 0 Å². The second kappa shape index (κ2) is 12.3. The van der Waals surface area contributed by atoms with E-state index in [1.165, 1.54) is 109 Å². The van der Waals surface area contributed by atoms with Crippen molar-refractivity contribution in [1.29, 1.82) is 0 Å². The predicted molar refractivity (Wildman–Crippen MR) is 233 cm³/mol. The molecule has 0 saturated heterocycles. The van der Waals surface area contributed by atoms with Gasteiger partial charge >= 0.3 is 0 Å². The van der Waals surface area contributed by atoms with E-state index in [0.29, 0.717) is 0 Å². The van der Waals surface area contributed by atoms with E-state index in [1.54, 1.807) is 0 Å². The molecular weight excluding hydrogens is 649 g/mol. The van der Waals surface area contributed by atoms with E-state index in [-0.39, 0.29) is 0 Å². The minimum Gasteiger partial charge on any atom is -0.0616 e. The van der Waals surface area contributed by atoms with Crippen LogP contribution in [0.25, 0.3) is 109 Å². The minimum absolute atomic E-state index is 1.22. The van der Waals surface area contributed by atoms with Crippen molar-refractivity contribution in [2.45, 2.75) is 0 Å². The average molecular weight is 683 g/mol. The van der Waals surface area contributed by atoms with Crippen molar-refractivity contribution in [2.24, 2.45) is 0 Å². The molecule has 0 bridgehead atoms. The summed E-state index contributed by atoms with van der Waals surface area (Å²) in [7, 11) is 0. The Labute approximate surface area is 314 Å². The van der Waals surface area contributed by atoms with Gasteiger partial charge in [-0.3, -0.25) is 0 Å². The van der Waals surface area contributed by atoms with Gasteiger partial charge in [-0.1, -0.05) is 170 Å². The quantitative estimate of drug-likeness (QED) is 0.162. The van der Waals surface area contributed by atoms with Crippen LogP contribution in [0.5, 0.6) is 0 Å². The number of rotatable bonds is 4. The van der Waals surface area contributed by atoms with Crippen LogP contribution in [-0.4, -0.2) is 0 Å². The van der Waals surface area contributed by atoms with Gasteiger partial charge < -0.3 is 0 Å². The van der Waals surface area contributed by atoms with E-state index in [0.717, 1.165) is 0 Å². The van der Waals surface area contributed by atoms with Gasteiger partial charge in [0.1, 0.15) is 0 Å². The molecule has 0 atom stereocenters. The molecule has 0 N–H and O–H groups in total. The highest BCUT2D eigenvalue weighted by Crippen LogP contribution is 2.43. The Bertz CT molecular complexity index is 3270. The van der Waals surface area contributed by atoms with Gasteiger partial charge in [0.05, 0.1) is 0 Å². The molecule has 0 unspecified atom stereocenters. The van der Waals surface area contributed by atoms with Crippen molar-refractivity contribution >= 4 is 64.6 Å². The van der Waals surface area contributed by atoms with Gasteiger partial charge in [-0.15, -0.1) is 0 Å². The second-order valence-corrected chi connectivity index (χ2v) is 14.5. The third-order valence-corrected chi connectivity index (χ3v) is 11.4. The molecule has 0 amide bonds. The molecule has 0 nitrogen and oxygen atoms in total. The van der Waals surface area contributed by atoms with Gasteiger partial charge in [0, 0.05) is 0 Å². The van der Waals surface area contributed by atoms with E-state index in [4.69, 9.17) is 0 Å². The molecule has 11 aromatic rings. The topological polar surface area (TPSA) is 0 Å². The summed E-state index contributed by atoms with van der Waals surface area (Å²) >= 11 is 0. The van der Waals surface area contributed by atoms with Gasteiger partial charge in [-0.25, -0.2) is 0 Å². The summed E-state index contributed by atoms with van der Waals surface area (Å²) in [4.78, 5) is 0. The first kappa shape index (κ1) is 30.6. The van der Waals surface area contributed by atoms with Crippen LogP contribution < -0.4 is 0 Å². The van der Waals surface area contributed by atoms with Crippen LogP contribution in [-0.2, 0) is 0 Å². The fourth-order valence-electron chi connectivity index (χ4n) is 8.62. The Hall–Kier alpha value is -7.02. The Balaban J connectivity index is 1.08. The highest BCUT2D eigenvalue weighted by atomic mass is 14.2. The predicted octanol–water partition coefficient (Wildman–Crippen LogP) is 15.3. The smallest absolute Gasteiger partial charge is 0.00926 e. The molecule has 250 valence electrons. The number of hydrogen-bond acceptors (Lipinski definition) is 0. The van der Waals surface area contributed by atoms with Crippen LogP contribution in [0, 0.1) is 0 Å². The first-order chi connectivity index (χ1) is 26.7. The Morgan fingerprint density at radius 1 is 0.167 bits per heavy atom. The third kappa shape index (κ3) is 5.07. The molecule has 54 heavy (non-hydrogen) atoms. The van der Waals surface area contributed by atoms with E-state index in [9.17, 15) is 0 Å². The Morgan fingerprint density at radius 2 is 0.481 bits per heavy atom. The highest BCUT2D eigenvalue weighted by molar-refractivity contribution is 6.15. The summed E-state index contributed by atoms with van der Waals surface area (Å²) in [5, 5.41) is 15.1. The van der Waals surface area contributed by atoms with Crippen molar-refractivity contribution in [1.82, 2.24) is 0 Å². The fourth-order valence-corrected chi connectivity index (χ4v) is 8.62. The average Bonchev–Trinajstić information content (AvgIpc) is 3.24. The van der Waals surface area contributed by atoms with E-state index < -0.39 is 0 Å². The number of benzene rings is 11. The summed E-state index contributed by atoms with van der Waals surface area (Å²) in [6, 6.07) is 76.3. The lowest BCUT2D eigenvalue weighted by Crippen LogP contribution is -1.90. The molecule has 0 spiro atoms. The SMILES string of the molecule is c1ccc2cc(-c3ccc4ccc(-c5ccc(-c6ccc(-c7ccc8ccccc8c7)c7ccccc67)c6cc7ccccc7cc56)cc4c3)ccc2c1. The van der Waals surface area contributed by atoms with Crippen molar-refractivity contribution in [3.63, 3.8) is 0 Å². The standard InChI is InChI=1S/C54H34/c1-3-11-38-29-42(21-17-35(38)9-1)43-22-18-37-20-24-45(32-46(37)31-43)48-26-28-52(54-34-41-14-6-5-13-40(41)33-53(48)54)51-27-25-47(49-15-7-8-16-50(49)51)44-23-19-36-10-2-4-12-39(36)30-44/h1-34H. The van der Waals surface area contributed by atoms with Crippen LogP contribution in [0.1, 0.15) is 0 Å². The molecule has 0 saturated carbocycles. The highest BCUT2D eigenvalue weighted by Gasteiger charge is 2.16. The lowest BCUT2D eigenvalue weighted by Gasteiger charge is -2.17. The molecule has 0 fully saturated rings. The van der Waals surface area contributed by atoms with Crippen molar-refractivity contribution < 1.29 is 0 Å². The monoisotopic (exact) mass is 682 g/mol.